The molecule has 0 unspecified atom stereocenters. The summed E-state index contributed by atoms with van der Waals surface area (Å²) in [4.78, 5) is 32.4. The Morgan fingerprint density at radius 1 is 1.08 bits per heavy atom. The molecule has 0 saturated carbocycles. The third-order valence-corrected chi connectivity index (χ3v) is 4.83. The highest BCUT2D eigenvalue weighted by molar-refractivity contribution is 5.97. The molecule has 136 valence electrons. The lowest BCUT2D eigenvalue weighted by atomic mass is 9.97. The molecule has 6 nitrogen and oxygen atoms in total. The van der Waals surface area contributed by atoms with Crippen LogP contribution in [0.25, 0.3) is 0 Å². The van der Waals surface area contributed by atoms with Crippen molar-refractivity contribution >= 4 is 17.6 Å². The van der Waals surface area contributed by atoms with E-state index in [9.17, 15) is 9.59 Å². The summed E-state index contributed by atoms with van der Waals surface area (Å²) in [5.74, 6) is 0.476. The Morgan fingerprint density at radius 2 is 1.77 bits per heavy atom. The number of carbonyl (C=O) groups excluding carboxylic acids is 2. The second kappa shape index (κ2) is 7.99. The number of hydrogen-bond acceptors (Lipinski definition) is 4. The van der Waals surface area contributed by atoms with Crippen molar-refractivity contribution in [2.45, 2.75) is 19.3 Å². The predicted octanol–water partition coefficient (Wildman–Crippen LogP) is 2.02. The molecule has 3 rings (SSSR count). The second-order valence-corrected chi connectivity index (χ2v) is 6.62. The fourth-order valence-corrected chi connectivity index (χ4v) is 3.30. The standard InChI is InChI=1S/C20H24N4O2/c1-15(16-6-3-2-4-7-16)14-18(25)23-10-12-24(13-11-23)20-17(19(21)26)8-5-9-22-20/h2-9,15H,10-14H2,1H3,(H2,21,26)/t15-/m0/s1. The number of pyridine rings is 1. The number of primary amides is 1. The zero-order chi connectivity index (χ0) is 18.5. The van der Waals surface area contributed by atoms with Crippen molar-refractivity contribution in [3.63, 3.8) is 0 Å². The smallest absolute Gasteiger partial charge is 0.252 e. The van der Waals surface area contributed by atoms with Gasteiger partial charge in [-0.15, -0.1) is 0 Å². The summed E-state index contributed by atoms with van der Waals surface area (Å²) in [6.45, 7) is 4.60. The maximum Gasteiger partial charge on any atom is 0.252 e. The highest BCUT2D eigenvalue weighted by Crippen LogP contribution is 2.22. The van der Waals surface area contributed by atoms with Gasteiger partial charge in [-0.05, 0) is 23.6 Å². The number of anilines is 1. The topological polar surface area (TPSA) is 79.5 Å². The van der Waals surface area contributed by atoms with E-state index in [0.29, 0.717) is 44.0 Å². The van der Waals surface area contributed by atoms with Gasteiger partial charge in [0.05, 0.1) is 5.56 Å². The van der Waals surface area contributed by atoms with Gasteiger partial charge in [-0.25, -0.2) is 4.98 Å². The van der Waals surface area contributed by atoms with Gasteiger partial charge < -0.3 is 15.5 Å². The van der Waals surface area contributed by atoms with Gasteiger partial charge in [-0.3, -0.25) is 9.59 Å². The van der Waals surface area contributed by atoms with Gasteiger partial charge in [0.2, 0.25) is 5.91 Å². The van der Waals surface area contributed by atoms with Crippen LogP contribution in [-0.2, 0) is 4.79 Å². The molecule has 2 N–H and O–H groups in total. The molecule has 26 heavy (non-hydrogen) atoms. The molecule has 1 aliphatic rings. The molecule has 2 aromatic rings. The predicted molar refractivity (Wildman–Crippen MR) is 101 cm³/mol. The summed E-state index contributed by atoms with van der Waals surface area (Å²) < 4.78 is 0. The van der Waals surface area contributed by atoms with Crippen LogP contribution >= 0.6 is 0 Å². The van der Waals surface area contributed by atoms with E-state index in [2.05, 4.69) is 24.0 Å². The molecule has 1 aromatic carbocycles. The van der Waals surface area contributed by atoms with Crippen molar-refractivity contribution in [1.29, 1.82) is 0 Å². The number of benzene rings is 1. The number of amides is 2. The van der Waals surface area contributed by atoms with E-state index in [4.69, 9.17) is 5.73 Å². The van der Waals surface area contributed by atoms with Crippen molar-refractivity contribution in [2.24, 2.45) is 5.73 Å². The lowest BCUT2D eigenvalue weighted by molar-refractivity contribution is -0.131. The zero-order valence-corrected chi connectivity index (χ0v) is 15.0. The number of nitrogens with zero attached hydrogens (tertiary/aromatic N) is 3. The Labute approximate surface area is 153 Å². The summed E-state index contributed by atoms with van der Waals surface area (Å²) in [7, 11) is 0. The molecule has 1 aromatic heterocycles. The molecule has 1 aliphatic heterocycles. The van der Waals surface area contributed by atoms with Crippen molar-refractivity contribution in [3.05, 3.63) is 59.8 Å². The van der Waals surface area contributed by atoms with Gasteiger partial charge in [0.15, 0.2) is 0 Å². The van der Waals surface area contributed by atoms with Gasteiger partial charge in [0.25, 0.3) is 5.91 Å². The summed E-state index contributed by atoms with van der Waals surface area (Å²) in [5, 5.41) is 0. The minimum absolute atomic E-state index is 0.164. The van der Waals surface area contributed by atoms with E-state index < -0.39 is 5.91 Å². The number of piperazine rings is 1. The Hall–Kier alpha value is -2.89. The highest BCUT2D eigenvalue weighted by atomic mass is 16.2. The molecular weight excluding hydrogens is 328 g/mol. The van der Waals surface area contributed by atoms with Gasteiger partial charge in [-0.1, -0.05) is 37.3 Å². The SMILES string of the molecule is C[C@@H](CC(=O)N1CCN(c2ncccc2C(N)=O)CC1)c1ccccc1. The average molecular weight is 352 g/mol. The normalized spacial score (nSPS) is 15.6. The monoisotopic (exact) mass is 352 g/mol. The van der Waals surface area contributed by atoms with E-state index in [1.54, 1.807) is 18.3 Å². The van der Waals surface area contributed by atoms with Gasteiger partial charge in [0, 0.05) is 38.8 Å². The van der Waals surface area contributed by atoms with Crippen LogP contribution in [0.5, 0.6) is 0 Å². The molecule has 0 spiro atoms. The van der Waals surface area contributed by atoms with Crippen molar-refractivity contribution in [3.8, 4) is 0 Å². The first-order valence-corrected chi connectivity index (χ1v) is 8.88. The van der Waals surface area contributed by atoms with Gasteiger partial charge in [-0.2, -0.15) is 0 Å². The van der Waals surface area contributed by atoms with Crippen LogP contribution in [0.2, 0.25) is 0 Å². The first kappa shape index (κ1) is 17.9. The molecule has 0 bridgehead atoms. The number of hydrogen-bond donors (Lipinski definition) is 1. The number of aromatic nitrogens is 1. The van der Waals surface area contributed by atoms with E-state index >= 15 is 0 Å². The maximum absolute atomic E-state index is 12.6. The third-order valence-electron chi connectivity index (χ3n) is 4.83. The zero-order valence-electron chi connectivity index (χ0n) is 15.0. The fourth-order valence-electron chi connectivity index (χ4n) is 3.30. The highest BCUT2D eigenvalue weighted by Gasteiger charge is 2.25. The molecule has 2 heterocycles. The summed E-state index contributed by atoms with van der Waals surface area (Å²) in [6.07, 6.45) is 2.15. The lowest BCUT2D eigenvalue weighted by Gasteiger charge is -2.36. The van der Waals surface area contributed by atoms with E-state index in [0.717, 1.165) is 0 Å². The molecule has 6 heteroatoms. The Balaban J connectivity index is 1.58. The first-order chi connectivity index (χ1) is 12.6. The molecule has 2 amide bonds. The van der Waals surface area contributed by atoms with Crippen molar-refractivity contribution in [1.82, 2.24) is 9.88 Å². The number of carbonyl (C=O) groups is 2. The minimum atomic E-state index is -0.483. The van der Waals surface area contributed by atoms with E-state index in [-0.39, 0.29) is 11.8 Å². The summed E-state index contributed by atoms with van der Waals surface area (Å²) in [6, 6.07) is 13.5. The van der Waals surface area contributed by atoms with Crippen LogP contribution in [0, 0.1) is 0 Å². The molecule has 0 radical (unpaired) electrons. The van der Waals surface area contributed by atoms with Crippen LogP contribution < -0.4 is 10.6 Å². The largest absolute Gasteiger partial charge is 0.365 e. The quantitative estimate of drug-likeness (QED) is 0.893. The molecule has 1 saturated heterocycles. The number of rotatable bonds is 5. The minimum Gasteiger partial charge on any atom is -0.365 e. The maximum atomic E-state index is 12.6. The van der Waals surface area contributed by atoms with Crippen LogP contribution in [0.15, 0.2) is 48.7 Å². The Morgan fingerprint density at radius 3 is 2.42 bits per heavy atom. The fraction of sp³-hybridized carbons (Fsp3) is 0.350. The molecule has 1 fully saturated rings. The average Bonchev–Trinajstić information content (AvgIpc) is 2.68. The second-order valence-electron chi connectivity index (χ2n) is 6.62. The lowest BCUT2D eigenvalue weighted by Crippen LogP contribution is -2.49. The summed E-state index contributed by atoms with van der Waals surface area (Å²) >= 11 is 0. The van der Waals surface area contributed by atoms with E-state index in [1.165, 1.54) is 5.56 Å². The Bertz CT molecular complexity index is 770. The Kier molecular flexibility index (Phi) is 5.51. The van der Waals surface area contributed by atoms with Gasteiger partial charge >= 0.3 is 0 Å². The van der Waals surface area contributed by atoms with Crippen molar-refractivity contribution < 1.29 is 9.59 Å². The van der Waals surface area contributed by atoms with Crippen LogP contribution in [0.3, 0.4) is 0 Å². The van der Waals surface area contributed by atoms with Crippen molar-refractivity contribution in [2.75, 3.05) is 31.1 Å². The van der Waals surface area contributed by atoms with Crippen LogP contribution in [0.4, 0.5) is 5.82 Å². The van der Waals surface area contributed by atoms with Crippen LogP contribution in [-0.4, -0.2) is 47.9 Å². The van der Waals surface area contributed by atoms with E-state index in [1.807, 2.05) is 28.0 Å². The molecule has 1 atom stereocenters. The first-order valence-electron chi connectivity index (χ1n) is 8.88. The molecule has 0 aliphatic carbocycles. The van der Waals surface area contributed by atoms with Crippen LogP contribution in [0.1, 0.15) is 35.2 Å². The van der Waals surface area contributed by atoms with Gasteiger partial charge in [0.1, 0.15) is 5.82 Å². The third kappa shape index (κ3) is 4.02. The number of nitrogens with two attached hydrogens (primary N) is 1. The summed E-state index contributed by atoms with van der Waals surface area (Å²) in [5.41, 5.74) is 7.04. The molecular formula is C20H24N4O2.